The summed E-state index contributed by atoms with van der Waals surface area (Å²) in [7, 11) is 1.99. The van der Waals surface area contributed by atoms with Gasteiger partial charge in [0.05, 0.1) is 22.6 Å². The Hall–Kier alpha value is -2.69. The molecule has 0 aliphatic rings. The average molecular weight is 322 g/mol. The van der Waals surface area contributed by atoms with Gasteiger partial charge in [-0.1, -0.05) is 26.0 Å². The summed E-state index contributed by atoms with van der Waals surface area (Å²) in [5.41, 5.74) is 2.57. The van der Waals surface area contributed by atoms with Gasteiger partial charge in [0.1, 0.15) is 5.82 Å². The third-order valence-corrected chi connectivity index (χ3v) is 4.07. The van der Waals surface area contributed by atoms with E-state index in [4.69, 9.17) is 4.98 Å². The molecule has 1 aromatic carbocycles. The molecule has 5 nitrogen and oxygen atoms in total. The van der Waals surface area contributed by atoms with Crippen LogP contribution in [-0.4, -0.2) is 20.4 Å². The molecule has 0 fully saturated rings. The molecule has 0 saturated heterocycles. The number of rotatable bonds is 5. The van der Waals surface area contributed by atoms with Gasteiger partial charge >= 0.3 is 0 Å². The molecule has 1 atom stereocenters. The summed E-state index contributed by atoms with van der Waals surface area (Å²) in [6.07, 6.45) is 4.06. The minimum absolute atomic E-state index is 0.124. The first-order valence-corrected chi connectivity index (χ1v) is 8.18. The van der Waals surface area contributed by atoms with Crippen LogP contribution in [0.15, 0.2) is 48.8 Å². The Morgan fingerprint density at radius 2 is 2.00 bits per heavy atom. The fourth-order valence-corrected chi connectivity index (χ4v) is 2.91. The summed E-state index contributed by atoms with van der Waals surface area (Å²) in [4.78, 5) is 21.3. The van der Waals surface area contributed by atoms with Crippen molar-refractivity contribution in [3.05, 3.63) is 60.2 Å². The lowest BCUT2D eigenvalue weighted by Gasteiger charge is -2.20. The highest BCUT2D eigenvalue weighted by molar-refractivity contribution is 5.94. The smallest absolute Gasteiger partial charge is 0.253 e. The van der Waals surface area contributed by atoms with Gasteiger partial charge in [0, 0.05) is 19.4 Å². The number of aromatic nitrogens is 3. The van der Waals surface area contributed by atoms with E-state index in [0.29, 0.717) is 11.5 Å². The fraction of sp³-hybridized carbons (Fsp3) is 0.316. The summed E-state index contributed by atoms with van der Waals surface area (Å²) < 4.78 is 2.06. The van der Waals surface area contributed by atoms with Crippen molar-refractivity contribution >= 4 is 16.9 Å². The van der Waals surface area contributed by atoms with Crippen molar-refractivity contribution in [1.82, 2.24) is 19.9 Å². The van der Waals surface area contributed by atoms with Crippen LogP contribution in [0.3, 0.4) is 0 Å². The Morgan fingerprint density at radius 3 is 2.67 bits per heavy atom. The Bertz CT molecular complexity index is 839. The number of nitrogens with zero attached hydrogens (tertiary/aromatic N) is 3. The molecule has 0 bridgehead atoms. The molecule has 5 heteroatoms. The summed E-state index contributed by atoms with van der Waals surface area (Å²) in [5, 5.41) is 3.12. The van der Waals surface area contributed by atoms with E-state index in [-0.39, 0.29) is 11.9 Å². The van der Waals surface area contributed by atoms with Crippen LogP contribution in [0.5, 0.6) is 0 Å². The molecule has 1 amide bonds. The zero-order valence-electron chi connectivity index (χ0n) is 14.2. The zero-order valence-corrected chi connectivity index (χ0v) is 14.2. The number of aryl methyl sites for hydroxylation is 1. The maximum atomic E-state index is 12.5. The number of benzene rings is 1. The van der Waals surface area contributed by atoms with Crippen LogP contribution in [0.1, 0.15) is 42.5 Å². The first kappa shape index (κ1) is 16.2. The predicted octanol–water partition coefficient (Wildman–Crippen LogP) is 3.49. The standard InChI is InChI=1S/C19H22N4O/c1-13(2)11-16(22-19(24)14-7-6-10-20-12-14)18-21-15-8-4-5-9-17(15)23(18)3/h4-10,12-13,16H,11H2,1-3H3,(H,22,24)/t16-/m0/s1. The number of carbonyl (C=O) groups excluding carboxylic acids is 1. The molecule has 0 spiro atoms. The van der Waals surface area contributed by atoms with Gasteiger partial charge in [-0.15, -0.1) is 0 Å². The predicted molar refractivity (Wildman–Crippen MR) is 94.6 cm³/mol. The topological polar surface area (TPSA) is 59.8 Å². The Kier molecular flexibility index (Phi) is 4.60. The van der Waals surface area contributed by atoms with Crippen LogP contribution in [0, 0.1) is 5.92 Å². The lowest BCUT2D eigenvalue weighted by molar-refractivity contribution is 0.0929. The second-order valence-corrected chi connectivity index (χ2v) is 6.42. The molecular weight excluding hydrogens is 300 g/mol. The van der Waals surface area contributed by atoms with E-state index in [2.05, 4.69) is 28.7 Å². The lowest BCUT2D eigenvalue weighted by atomic mass is 10.0. The number of carbonyl (C=O) groups is 1. The normalized spacial score (nSPS) is 12.5. The molecular formula is C19H22N4O. The number of hydrogen-bond acceptors (Lipinski definition) is 3. The zero-order chi connectivity index (χ0) is 17.1. The summed E-state index contributed by atoms with van der Waals surface area (Å²) in [6.45, 7) is 4.29. The Morgan fingerprint density at radius 1 is 1.21 bits per heavy atom. The molecule has 0 saturated carbocycles. The van der Waals surface area contributed by atoms with E-state index >= 15 is 0 Å². The maximum absolute atomic E-state index is 12.5. The SMILES string of the molecule is CC(C)C[C@H](NC(=O)c1cccnc1)c1nc2ccccc2n1C. The fourth-order valence-electron chi connectivity index (χ4n) is 2.91. The third-order valence-electron chi connectivity index (χ3n) is 4.07. The van der Waals surface area contributed by atoms with Crippen LogP contribution in [0.4, 0.5) is 0 Å². The van der Waals surface area contributed by atoms with E-state index in [1.54, 1.807) is 24.5 Å². The van der Waals surface area contributed by atoms with Crippen molar-refractivity contribution in [3.63, 3.8) is 0 Å². The number of hydrogen-bond donors (Lipinski definition) is 1. The van der Waals surface area contributed by atoms with E-state index in [0.717, 1.165) is 23.3 Å². The summed E-state index contributed by atoms with van der Waals surface area (Å²) in [6, 6.07) is 11.4. The largest absolute Gasteiger partial charge is 0.342 e. The van der Waals surface area contributed by atoms with Crippen LogP contribution in [-0.2, 0) is 7.05 Å². The van der Waals surface area contributed by atoms with Gasteiger partial charge in [0.15, 0.2) is 0 Å². The minimum Gasteiger partial charge on any atom is -0.342 e. The lowest BCUT2D eigenvalue weighted by Crippen LogP contribution is -2.31. The van der Waals surface area contributed by atoms with Gasteiger partial charge in [-0.3, -0.25) is 9.78 Å². The van der Waals surface area contributed by atoms with Crippen molar-refractivity contribution in [2.75, 3.05) is 0 Å². The van der Waals surface area contributed by atoms with Crippen LogP contribution < -0.4 is 5.32 Å². The highest BCUT2D eigenvalue weighted by Gasteiger charge is 2.22. The molecule has 2 aromatic heterocycles. The molecule has 0 radical (unpaired) electrons. The quantitative estimate of drug-likeness (QED) is 0.782. The van der Waals surface area contributed by atoms with E-state index in [9.17, 15) is 4.79 Å². The van der Waals surface area contributed by atoms with Crippen LogP contribution in [0.2, 0.25) is 0 Å². The van der Waals surface area contributed by atoms with Crippen LogP contribution >= 0.6 is 0 Å². The molecule has 3 aromatic rings. The number of nitrogens with one attached hydrogen (secondary N) is 1. The number of pyridine rings is 1. The second-order valence-electron chi connectivity index (χ2n) is 6.42. The molecule has 24 heavy (non-hydrogen) atoms. The van der Waals surface area contributed by atoms with Crippen molar-refractivity contribution < 1.29 is 4.79 Å². The van der Waals surface area contributed by atoms with Gasteiger partial charge in [0.25, 0.3) is 5.91 Å². The maximum Gasteiger partial charge on any atom is 0.253 e. The van der Waals surface area contributed by atoms with Crippen molar-refractivity contribution in [1.29, 1.82) is 0 Å². The molecule has 3 rings (SSSR count). The molecule has 0 aliphatic heterocycles. The molecule has 1 N–H and O–H groups in total. The second kappa shape index (κ2) is 6.83. The molecule has 2 heterocycles. The monoisotopic (exact) mass is 322 g/mol. The van der Waals surface area contributed by atoms with Crippen molar-refractivity contribution in [2.45, 2.75) is 26.3 Å². The summed E-state index contributed by atoms with van der Waals surface area (Å²) >= 11 is 0. The summed E-state index contributed by atoms with van der Waals surface area (Å²) in [5.74, 6) is 1.19. The van der Waals surface area contributed by atoms with Crippen molar-refractivity contribution in [2.24, 2.45) is 13.0 Å². The average Bonchev–Trinajstić information content (AvgIpc) is 2.92. The van der Waals surface area contributed by atoms with E-state index < -0.39 is 0 Å². The molecule has 0 unspecified atom stereocenters. The van der Waals surface area contributed by atoms with Gasteiger partial charge in [-0.05, 0) is 36.6 Å². The first-order valence-electron chi connectivity index (χ1n) is 8.18. The molecule has 124 valence electrons. The minimum atomic E-state index is -0.143. The van der Waals surface area contributed by atoms with Gasteiger partial charge in [-0.2, -0.15) is 0 Å². The highest BCUT2D eigenvalue weighted by atomic mass is 16.1. The molecule has 0 aliphatic carbocycles. The van der Waals surface area contributed by atoms with E-state index in [1.165, 1.54) is 0 Å². The number of amides is 1. The van der Waals surface area contributed by atoms with Crippen molar-refractivity contribution in [3.8, 4) is 0 Å². The number of para-hydroxylation sites is 2. The van der Waals surface area contributed by atoms with E-state index in [1.807, 2.05) is 31.3 Å². The number of fused-ring (bicyclic) bond motifs is 1. The third kappa shape index (κ3) is 3.30. The van der Waals surface area contributed by atoms with Gasteiger partial charge in [0.2, 0.25) is 0 Å². The Balaban J connectivity index is 1.93. The number of imidazole rings is 1. The Labute approximate surface area is 141 Å². The first-order chi connectivity index (χ1) is 11.6. The highest BCUT2D eigenvalue weighted by Crippen LogP contribution is 2.24. The van der Waals surface area contributed by atoms with Gasteiger partial charge < -0.3 is 9.88 Å². The van der Waals surface area contributed by atoms with Crippen LogP contribution in [0.25, 0.3) is 11.0 Å². The van der Waals surface area contributed by atoms with Gasteiger partial charge in [-0.25, -0.2) is 4.98 Å².